The first-order valence-corrected chi connectivity index (χ1v) is 8.81. The number of amides is 1. The lowest BCUT2D eigenvalue weighted by molar-refractivity contribution is -0.116. The highest BCUT2D eigenvalue weighted by atomic mass is 16.5. The predicted octanol–water partition coefficient (Wildman–Crippen LogP) is 4.43. The fourth-order valence-corrected chi connectivity index (χ4v) is 3.10. The van der Waals surface area contributed by atoms with E-state index in [1.807, 2.05) is 78.5 Å². The van der Waals surface area contributed by atoms with Gasteiger partial charge in [0.25, 0.3) is 0 Å². The molecular formula is C22H24N2O3. The number of aromatic nitrogens is 1. The normalized spacial score (nSPS) is 11.7. The van der Waals surface area contributed by atoms with Crippen LogP contribution in [0.5, 0.6) is 11.5 Å². The van der Waals surface area contributed by atoms with Crippen molar-refractivity contribution in [3.8, 4) is 11.5 Å². The molecule has 0 saturated heterocycles. The number of carbonyl (C=O) groups is 1. The minimum absolute atomic E-state index is 0.0829. The monoisotopic (exact) mass is 364 g/mol. The first kappa shape index (κ1) is 18.6. The Hall–Kier alpha value is -3.21. The number of ether oxygens (including phenoxy) is 2. The zero-order chi connectivity index (χ0) is 19.2. The first-order chi connectivity index (χ1) is 13.1. The Morgan fingerprint density at radius 3 is 2.52 bits per heavy atom. The number of nitrogens with one attached hydrogen (secondary N) is 1. The van der Waals surface area contributed by atoms with Gasteiger partial charge in [0, 0.05) is 12.4 Å². The molecule has 0 aliphatic rings. The van der Waals surface area contributed by atoms with Gasteiger partial charge in [-0.3, -0.25) is 4.79 Å². The number of aryl methyl sites for hydroxylation is 1. The number of hydrogen-bond acceptors (Lipinski definition) is 3. The summed E-state index contributed by atoms with van der Waals surface area (Å²) in [5, 5.41) is 2.98. The van der Waals surface area contributed by atoms with Crippen molar-refractivity contribution in [2.24, 2.45) is 0 Å². The molecule has 1 amide bonds. The summed E-state index contributed by atoms with van der Waals surface area (Å²) in [6.07, 6.45) is 4.22. The number of methoxy groups -OCH3 is 2. The smallest absolute Gasteiger partial charge is 0.226 e. The molecule has 1 aromatic heterocycles. The number of benzene rings is 2. The van der Waals surface area contributed by atoms with Crippen LogP contribution in [-0.2, 0) is 4.79 Å². The van der Waals surface area contributed by atoms with Crippen LogP contribution in [-0.4, -0.2) is 24.7 Å². The largest absolute Gasteiger partial charge is 0.497 e. The highest BCUT2D eigenvalue weighted by Gasteiger charge is 2.19. The predicted molar refractivity (Wildman–Crippen MR) is 107 cm³/mol. The first-order valence-electron chi connectivity index (χ1n) is 8.81. The lowest BCUT2D eigenvalue weighted by Gasteiger charge is -2.20. The average molecular weight is 364 g/mol. The Bertz CT molecular complexity index is 904. The molecule has 0 spiro atoms. The molecule has 0 fully saturated rings. The van der Waals surface area contributed by atoms with E-state index in [0.29, 0.717) is 17.9 Å². The summed E-state index contributed by atoms with van der Waals surface area (Å²) in [5.74, 6) is 1.33. The second kappa shape index (κ2) is 8.45. The van der Waals surface area contributed by atoms with Crippen LogP contribution < -0.4 is 14.8 Å². The molecule has 0 bridgehead atoms. The molecule has 2 aromatic carbocycles. The van der Waals surface area contributed by atoms with Crippen LogP contribution in [0, 0.1) is 6.92 Å². The van der Waals surface area contributed by atoms with Gasteiger partial charge in [-0.05, 0) is 54.4 Å². The van der Waals surface area contributed by atoms with Crippen LogP contribution in [0.3, 0.4) is 0 Å². The minimum atomic E-state index is -0.133. The van der Waals surface area contributed by atoms with Gasteiger partial charge in [0.1, 0.15) is 11.5 Å². The summed E-state index contributed by atoms with van der Waals surface area (Å²) in [4.78, 5) is 12.8. The SMILES string of the molecule is COc1cccc(C(CC(=O)Nc2cc(C)ccc2OC)n2cccc2)c1. The van der Waals surface area contributed by atoms with Gasteiger partial charge in [-0.1, -0.05) is 18.2 Å². The fourth-order valence-electron chi connectivity index (χ4n) is 3.10. The summed E-state index contributed by atoms with van der Waals surface area (Å²) in [5.41, 5.74) is 2.75. The molecule has 1 atom stereocenters. The molecule has 140 valence electrons. The van der Waals surface area contributed by atoms with Crippen LogP contribution in [0.25, 0.3) is 0 Å². The second-order valence-corrected chi connectivity index (χ2v) is 6.38. The van der Waals surface area contributed by atoms with Gasteiger partial charge in [-0.25, -0.2) is 0 Å². The van der Waals surface area contributed by atoms with Crippen molar-refractivity contribution in [1.29, 1.82) is 0 Å². The maximum absolute atomic E-state index is 12.8. The molecule has 1 heterocycles. The minimum Gasteiger partial charge on any atom is -0.497 e. The highest BCUT2D eigenvalue weighted by molar-refractivity contribution is 5.92. The van der Waals surface area contributed by atoms with Gasteiger partial charge in [0.05, 0.1) is 32.4 Å². The van der Waals surface area contributed by atoms with Crippen molar-refractivity contribution in [2.75, 3.05) is 19.5 Å². The van der Waals surface area contributed by atoms with E-state index in [9.17, 15) is 4.79 Å². The van der Waals surface area contributed by atoms with Crippen LogP contribution in [0.1, 0.15) is 23.6 Å². The van der Waals surface area contributed by atoms with Gasteiger partial charge in [0.2, 0.25) is 5.91 Å². The van der Waals surface area contributed by atoms with E-state index in [1.165, 1.54) is 0 Å². The van der Waals surface area contributed by atoms with Gasteiger partial charge in [-0.2, -0.15) is 0 Å². The van der Waals surface area contributed by atoms with Gasteiger partial charge >= 0.3 is 0 Å². The van der Waals surface area contributed by atoms with Crippen molar-refractivity contribution in [3.63, 3.8) is 0 Å². The molecule has 5 heteroatoms. The van der Waals surface area contributed by atoms with Gasteiger partial charge in [-0.15, -0.1) is 0 Å². The van der Waals surface area contributed by atoms with Gasteiger partial charge < -0.3 is 19.4 Å². The lowest BCUT2D eigenvalue weighted by Crippen LogP contribution is -2.20. The van der Waals surface area contributed by atoms with Crippen molar-refractivity contribution in [3.05, 3.63) is 78.1 Å². The second-order valence-electron chi connectivity index (χ2n) is 6.38. The average Bonchev–Trinajstić information content (AvgIpc) is 3.21. The molecule has 3 rings (SSSR count). The standard InChI is InChI=1S/C22H24N2O3/c1-16-9-10-21(27-3)19(13-16)23-22(25)15-20(24-11-4-5-12-24)17-7-6-8-18(14-17)26-2/h4-14,20H,15H2,1-3H3,(H,23,25). The third kappa shape index (κ3) is 4.50. The fraction of sp³-hybridized carbons (Fsp3) is 0.227. The number of carbonyl (C=O) groups excluding carboxylic acids is 1. The summed E-state index contributed by atoms with van der Waals surface area (Å²) in [7, 11) is 3.24. The Morgan fingerprint density at radius 1 is 1.04 bits per heavy atom. The van der Waals surface area contributed by atoms with E-state index in [-0.39, 0.29) is 11.9 Å². The van der Waals surface area contributed by atoms with Crippen LogP contribution in [0.2, 0.25) is 0 Å². The molecule has 27 heavy (non-hydrogen) atoms. The summed E-state index contributed by atoms with van der Waals surface area (Å²) in [6.45, 7) is 1.98. The Labute approximate surface area is 159 Å². The number of rotatable bonds is 7. The van der Waals surface area contributed by atoms with E-state index < -0.39 is 0 Å². The molecule has 0 aliphatic heterocycles. The van der Waals surface area contributed by atoms with Gasteiger partial charge in [0.15, 0.2) is 0 Å². The lowest BCUT2D eigenvalue weighted by atomic mass is 10.0. The number of anilines is 1. The summed E-state index contributed by atoms with van der Waals surface area (Å²) >= 11 is 0. The maximum atomic E-state index is 12.8. The third-order valence-corrected chi connectivity index (χ3v) is 4.47. The molecule has 3 aromatic rings. The third-order valence-electron chi connectivity index (χ3n) is 4.47. The van der Waals surface area contributed by atoms with E-state index >= 15 is 0 Å². The summed E-state index contributed by atoms with van der Waals surface area (Å²) < 4.78 is 12.7. The molecule has 0 saturated carbocycles. The van der Waals surface area contributed by atoms with Crippen molar-refractivity contribution >= 4 is 11.6 Å². The van der Waals surface area contributed by atoms with Crippen LogP contribution in [0.15, 0.2) is 67.0 Å². The molecule has 0 aliphatic carbocycles. The molecule has 1 unspecified atom stereocenters. The zero-order valence-electron chi connectivity index (χ0n) is 15.8. The number of nitrogens with zero attached hydrogens (tertiary/aromatic N) is 1. The molecule has 5 nitrogen and oxygen atoms in total. The summed E-state index contributed by atoms with van der Waals surface area (Å²) in [6, 6.07) is 17.3. The van der Waals surface area contributed by atoms with E-state index in [1.54, 1.807) is 14.2 Å². The van der Waals surface area contributed by atoms with Crippen LogP contribution in [0.4, 0.5) is 5.69 Å². The number of hydrogen-bond donors (Lipinski definition) is 1. The van der Waals surface area contributed by atoms with E-state index in [4.69, 9.17) is 9.47 Å². The molecule has 0 radical (unpaired) electrons. The Morgan fingerprint density at radius 2 is 1.81 bits per heavy atom. The Balaban J connectivity index is 1.84. The van der Waals surface area contributed by atoms with E-state index in [0.717, 1.165) is 16.9 Å². The maximum Gasteiger partial charge on any atom is 0.226 e. The quantitative estimate of drug-likeness (QED) is 0.675. The topological polar surface area (TPSA) is 52.5 Å². The van der Waals surface area contributed by atoms with Crippen LogP contribution >= 0.6 is 0 Å². The molecular weight excluding hydrogens is 340 g/mol. The van der Waals surface area contributed by atoms with Crippen molar-refractivity contribution in [2.45, 2.75) is 19.4 Å². The van der Waals surface area contributed by atoms with Crippen molar-refractivity contribution in [1.82, 2.24) is 4.57 Å². The Kier molecular flexibility index (Phi) is 5.81. The van der Waals surface area contributed by atoms with E-state index in [2.05, 4.69) is 5.32 Å². The zero-order valence-corrected chi connectivity index (χ0v) is 15.8. The highest BCUT2D eigenvalue weighted by Crippen LogP contribution is 2.28. The molecule has 1 N–H and O–H groups in total. The van der Waals surface area contributed by atoms with Crippen molar-refractivity contribution < 1.29 is 14.3 Å².